The first-order valence-electron chi connectivity index (χ1n) is 6.34. The first-order valence-corrected chi connectivity index (χ1v) is 6.34. The summed E-state index contributed by atoms with van der Waals surface area (Å²) in [6.07, 6.45) is 0. The van der Waals surface area contributed by atoms with E-state index in [1.54, 1.807) is 12.1 Å². The van der Waals surface area contributed by atoms with Crippen molar-refractivity contribution in [2.45, 2.75) is 0 Å². The fourth-order valence-electron chi connectivity index (χ4n) is 2.46. The quantitative estimate of drug-likeness (QED) is 0.532. The number of nitrogens with one attached hydrogen (secondary N) is 1. The van der Waals surface area contributed by atoms with E-state index < -0.39 is 16.7 Å². The standard InChI is InChI=1S/C15H10N2O5/c1-22-12-6-5-8(17(20)21)7-11(12)9-3-2-4-10-13(9)15(19)16-14(10)18/h2-7H,1H3,(H,16,18,19). The van der Waals surface area contributed by atoms with Crippen molar-refractivity contribution in [1.82, 2.24) is 5.32 Å². The molecule has 0 aliphatic carbocycles. The molecule has 2 amide bonds. The first kappa shape index (κ1) is 13.7. The number of rotatable bonds is 3. The lowest BCUT2D eigenvalue weighted by Crippen LogP contribution is -2.20. The Bertz CT molecular complexity index is 829. The molecule has 2 aromatic rings. The summed E-state index contributed by atoms with van der Waals surface area (Å²) < 4.78 is 5.22. The van der Waals surface area contributed by atoms with Gasteiger partial charge in [0, 0.05) is 17.7 Å². The van der Waals surface area contributed by atoms with E-state index in [0.717, 1.165) is 0 Å². The van der Waals surface area contributed by atoms with Crippen molar-refractivity contribution in [3.63, 3.8) is 0 Å². The van der Waals surface area contributed by atoms with E-state index in [2.05, 4.69) is 5.32 Å². The predicted octanol–water partition coefficient (Wildman–Crippen LogP) is 2.15. The summed E-state index contributed by atoms with van der Waals surface area (Å²) in [5, 5.41) is 13.2. The summed E-state index contributed by atoms with van der Waals surface area (Å²) in [7, 11) is 1.43. The average molecular weight is 298 g/mol. The number of methoxy groups -OCH3 is 1. The number of fused-ring (bicyclic) bond motifs is 1. The molecular weight excluding hydrogens is 288 g/mol. The lowest BCUT2D eigenvalue weighted by atomic mass is 9.95. The van der Waals surface area contributed by atoms with Gasteiger partial charge in [-0.1, -0.05) is 12.1 Å². The van der Waals surface area contributed by atoms with Gasteiger partial charge in [0.1, 0.15) is 5.75 Å². The molecule has 0 saturated carbocycles. The molecule has 1 N–H and O–H groups in total. The molecule has 1 aliphatic rings. The Labute approximate surface area is 124 Å². The molecular formula is C15H10N2O5. The minimum Gasteiger partial charge on any atom is -0.496 e. The number of nitro groups is 1. The number of non-ortho nitro benzene ring substituents is 1. The van der Waals surface area contributed by atoms with Gasteiger partial charge in [0.2, 0.25) is 0 Å². The zero-order chi connectivity index (χ0) is 15.9. The molecule has 0 fully saturated rings. The highest BCUT2D eigenvalue weighted by Gasteiger charge is 2.30. The summed E-state index contributed by atoms with van der Waals surface area (Å²) in [6.45, 7) is 0. The molecule has 0 spiro atoms. The van der Waals surface area contributed by atoms with E-state index in [0.29, 0.717) is 16.9 Å². The van der Waals surface area contributed by atoms with E-state index >= 15 is 0 Å². The van der Waals surface area contributed by atoms with Crippen LogP contribution in [0.4, 0.5) is 5.69 Å². The fourth-order valence-corrected chi connectivity index (χ4v) is 2.46. The van der Waals surface area contributed by atoms with Crippen LogP contribution in [-0.4, -0.2) is 23.8 Å². The van der Waals surface area contributed by atoms with E-state index in [-0.39, 0.29) is 16.8 Å². The second-order valence-corrected chi connectivity index (χ2v) is 4.65. The van der Waals surface area contributed by atoms with Gasteiger partial charge in [0.15, 0.2) is 0 Å². The number of amides is 2. The molecule has 110 valence electrons. The topological polar surface area (TPSA) is 98.5 Å². The number of nitrogens with zero attached hydrogens (tertiary/aromatic N) is 1. The summed E-state index contributed by atoms with van der Waals surface area (Å²) in [4.78, 5) is 34.1. The van der Waals surface area contributed by atoms with Crippen LogP contribution in [0.15, 0.2) is 36.4 Å². The smallest absolute Gasteiger partial charge is 0.270 e. The number of imide groups is 1. The summed E-state index contributed by atoms with van der Waals surface area (Å²) >= 11 is 0. The van der Waals surface area contributed by atoms with Crippen molar-refractivity contribution >= 4 is 17.5 Å². The Kier molecular flexibility index (Phi) is 3.10. The summed E-state index contributed by atoms with van der Waals surface area (Å²) in [5.74, 6) is -0.624. The van der Waals surface area contributed by atoms with Gasteiger partial charge in [-0.3, -0.25) is 25.0 Å². The molecule has 2 aromatic carbocycles. The third-order valence-electron chi connectivity index (χ3n) is 3.45. The third kappa shape index (κ3) is 1.99. The zero-order valence-electron chi connectivity index (χ0n) is 11.5. The van der Waals surface area contributed by atoms with Crippen LogP contribution in [0.5, 0.6) is 5.75 Å². The molecule has 22 heavy (non-hydrogen) atoms. The molecule has 1 aliphatic heterocycles. The van der Waals surface area contributed by atoms with Gasteiger partial charge in [0.25, 0.3) is 17.5 Å². The summed E-state index contributed by atoms with van der Waals surface area (Å²) in [6, 6.07) is 8.87. The SMILES string of the molecule is COc1ccc([N+](=O)[O-])cc1-c1cccc2c1C(=O)NC2=O. The highest BCUT2D eigenvalue weighted by Crippen LogP contribution is 2.37. The zero-order valence-corrected chi connectivity index (χ0v) is 11.5. The van der Waals surface area contributed by atoms with Gasteiger partial charge in [-0.2, -0.15) is 0 Å². The van der Waals surface area contributed by atoms with Gasteiger partial charge < -0.3 is 4.74 Å². The van der Waals surface area contributed by atoms with Gasteiger partial charge in [-0.15, -0.1) is 0 Å². The average Bonchev–Trinajstić information content (AvgIpc) is 2.81. The number of carbonyl (C=O) groups is 2. The number of carbonyl (C=O) groups excluding carboxylic acids is 2. The van der Waals surface area contributed by atoms with Crippen LogP contribution < -0.4 is 10.1 Å². The first-order chi connectivity index (χ1) is 10.5. The van der Waals surface area contributed by atoms with Crippen LogP contribution in [-0.2, 0) is 0 Å². The van der Waals surface area contributed by atoms with Crippen LogP contribution in [0.3, 0.4) is 0 Å². The molecule has 0 bridgehead atoms. The van der Waals surface area contributed by atoms with Crippen LogP contribution in [0.1, 0.15) is 20.7 Å². The van der Waals surface area contributed by atoms with Gasteiger partial charge >= 0.3 is 0 Å². The van der Waals surface area contributed by atoms with E-state index in [1.807, 2.05) is 0 Å². The van der Waals surface area contributed by atoms with E-state index in [9.17, 15) is 19.7 Å². The molecule has 1 heterocycles. The van der Waals surface area contributed by atoms with Crippen molar-refractivity contribution < 1.29 is 19.2 Å². The van der Waals surface area contributed by atoms with Crippen molar-refractivity contribution in [3.05, 3.63) is 57.6 Å². The molecule has 7 nitrogen and oxygen atoms in total. The second kappa shape index (κ2) is 4.96. The minimum atomic E-state index is -0.530. The van der Waals surface area contributed by atoms with Gasteiger partial charge in [0.05, 0.1) is 23.2 Å². The minimum absolute atomic E-state index is 0.127. The van der Waals surface area contributed by atoms with Crippen LogP contribution in [0.25, 0.3) is 11.1 Å². The Balaban J connectivity index is 2.29. The van der Waals surface area contributed by atoms with Crippen LogP contribution >= 0.6 is 0 Å². The number of hydrogen-bond acceptors (Lipinski definition) is 5. The molecule has 7 heteroatoms. The maximum Gasteiger partial charge on any atom is 0.270 e. The second-order valence-electron chi connectivity index (χ2n) is 4.65. The Morgan fingerprint density at radius 1 is 1.05 bits per heavy atom. The molecule has 0 radical (unpaired) electrons. The Hall–Kier alpha value is -3.22. The van der Waals surface area contributed by atoms with Crippen LogP contribution in [0.2, 0.25) is 0 Å². The Morgan fingerprint density at radius 2 is 1.77 bits per heavy atom. The van der Waals surface area contributed by atoms with Gasteiger partial charge in [-0.05, 0) is 17.7 Å². The van der Waals surface area contributed by atoms with E-state index in [4.69, 9.17) is 4.74 Å². The lowest BCUT2D eigenvalue weighted by molar-refractivity contribution is -0.384. The van der Waals surface area contributed by atoms with Crippen molar-refractivity contribution in [2.75, 3.05) is 7.11 Å². The summed E-state index contributed by atoms with van der Waals surface area (Å²) in [5.41, 5.74) is 1.13. The highest BCUT2D eigenvalue weighted by atomic mass is 16.6. The van der Waals surface area contributed by atoms with Crippen molar-refractivity contribution in [1.29, 1.82) is 0 Å². The van der Waals surface area contributed by atoms with Crippen molar-refractivity contribution in [3.8, 4) is 16.9 Å². The molecule has 0 saturated heterocycles. The maximum absolute atomic E-state index is 12.0. The van der Waals surface area contributed by atoms with Crippen LogP contribution in [0, 0.1) is 10.1 Å². The molecule has 3 rings (SSSR count). The maximum atomic E-state index is 12.0. The van der Waals surface area contributed by atoms with Crippen molar-refractivity contribution in [2.24, 2.45) is 0 Å². The van der Waals surface area contributed by atoms with E-state index in [1.165, 1.54) is 31.4 Å². The molecule has 0 atom stereocenters. The largest absolute Gasteiger partial charge is 0.496 e. The number of benzene rings is 2. The predicted molar refractivity (Wildman–Crippen MR) is 76.9 cm³/mol. The number of hydrogen-bond donors (Lipinski definition) is 1. The Morgan fingerprint density at radius 3 is 2.45 bits per heavy atom. The lowest BCUT2D eigenvalue weighted by Gasteiger charge is -2.11. The van der Waals surface area contributed by atoms with Gasteiger partial charge in [-0.25, -0.2) is 0 Å². The molecule has 0 unspecified atom stereocenters. The number of nitro benzene ring substituents is 1. The normalized spacial score (nSPS) is 12.8. The fraction of sp³-hybridized carbons (Fsp3) is 0.0667. The highest BCUT2D eigenvalue weighted by molar-refractivity contribution is 6.24. The monoisotopic (exact) mass is 298 g/mol. The number of ether oxygens (including phenoxy) is 1. The third-order valence-corrected chi connectivity index (χ3v) is 3.45. The molecule has 0 aromatic heterocycles.